The minimum atomic E-state index is -4.22. The molecular weight excluding hydrogens is 1030 g/mol. The SMILES string of the molecule is COc1ccc(C(OC[C@H]2O[C@@H](n3cnc4c(NC(=O)OCc5cc(OC)c(OC)cc5[N+](=O)[O-])ncnc43)C[C@@H]2OP(=O)(OCCSC(=O)C(C)(C)C)N(C(C)C)C(C)C)(c2ccccc2)c2ccc(OC)cc2)cc1. The monoisotopic (exact) mass is 1100 g/mol. The molecule has 77 heavy (non-hydrogen) atoms. The third-order valence-electron chi connectivity index (χ3n) is 12.6. The molecule has 7 rings (SSSR count). The van der Waals surface area contributed by atoms with Crippen LogP contribution >= 0.6 is 19.5 Å². The lowest BCUT2D eigenvalue weighted by Crippen LogP contribution is -2.40. The van der Waals surface area contributed by atoms with Gasteiger partial charge < -0.3 is 33.2 Å². The average Bonchev–Trinajstić information content (AvgIpc) is 4.13. The van der Waals surface area contributed by atoms with Crippen LogP contribution in [0.3, 0.4) is 0 Å². The number of imidazole rings is 1. The van der Waals surface area contributed by atoms with E-state index < -0.39 is 54.8 Å². The minimum absolute atomic E-state index is 0.0249. The number of nitrogens with zero attached hydrogens (tertiary/aromatic N) is 6. The van der Waals surface area contributed by atoms with Gasteiger partial charge in [0, 0.05) is 29.7 Å². The number of nitrogens with one attached hydrogen (secondary N) is 1. The van der Waals surface area contributed by atoms with Crippen LogP contribution < -0.4 is 24.3 Å². The van der Waals surface area contributed by atoms with Crippen molar-refractivity contribution in [2.75, 3.05) is 52.7 Å². The number of aromatic nitrogens is 4. The normalized spacial score (nSPS) is 16.6. The minimum Gasteiger partial charge on any atom is -0.497 e. The van der Waals surface area contributed by atoms with Gasteiger partial charge in [-0.15, -0.1) is 0 Å². The lowest BCUT2D eigenvalue weighted by Gasteiger charge is -2.39. The second-order valence-corrected chi connectivity index (χ2v) is 22.4. The molecule has 21 nitrogen and oxygen atoms in total. The van der Waals surface area contributed by atoms with Crippen molar-refractivity contribution in [1.82, 2.24) is 24.2 Å². The Morgan fingerprint density at radius 3 is 2.01 bits per heavy atom. The maximum Gasteiger partial charge on any atom is 0.413 e. The lowest BCUT2D eigenvalue weighted by molar-refractivity contribution is -0.385. The first-order valence-corrected chi connectivity index (χ1v) is 27.3. The van der Waals surface area contributed by atoms with E-state index in [-0.39, 0.29) is 82.3 Å². The molecule has 6 aromatic rings. The van der Waals surface area contributed by atoms with Crippen LogP contribution in [0, 0.1) is 15.5 Å². The Labute approximate surface area is 451 Å². The van der Waals surface area contributed by atoms with Gasteiger partial charge in [-0.2, -0.15) is 0 Å². The highest BCUT2D eigenvalue weighted by Crippen LogP contribution is 2.58. The summed E-state index contributed by atoms with van der Waals surface area (Å²) in [4.78, 5) is 51.0. The third kappa shape index (κ3) is 13.2. The molecule has 412 valence electrons. The summed E-state index contributed by atoms with van der Waals surface area (Å²) in [6.45, 7) is 12.4. The number of hydrogen-bond donors (Lipinski definition) is 1. The lowest BCUT2D eigenvalue weighted by atomic mass is 9.80. The highest BCUT2D eigenvalue weighted by molar-refractivity contribution is 8.13. The highest BCUT2D eigenvalue weighted by Gasteiger charge is 2.48. The summed E-state index contributed by atoms with van der Waals surface area (Å²) in [5.74, 6) is 1.83. The summed E-state index contributed by atoms with van der Waals surface area (Å²) in [6, 6.07) is 26.9. The second-order valence-electron chi connectivity index (χ2n) is 19.4. The van der Waals surface area contributed by atoms with E-state index in [1.807, 2.05) is 127 Å². The molecule has 3 heterocycles. The Morgan fingerprint density at radius 1 is 0.857 bits per heavy atom. The zero-order valence-corrected chi connectivity index (χ0v) is 46.7. The molecule has 1 aliphatic rings. The second kappa shape index (κ2) is 25.2. The first-order valence-electron chi connectivity index (χ1n) is 24.8. The first kappa shape index (κ1) is 58.0. The van der Waals surface area contributed by atoms with Gasteiger partial charge in [0.15, 0.2) is 33.6 Å². The summed E-state index contributed by atoms with van der Waals surface area (Å²) < 4.78 is 73.7. The molecule has 4 atom stereocenters. The predicted octanol–water partition coefficient (Wildman–Crippen LogP) is 10.7. The van der Waals surface area contributed by atoms with Crippen LogP contribution in [-0.4, -0.2) is 112 Å². The fourth-order valence-electron chi connectivity index (χ4n) is 9.03. The third-order valence-corrected chi connectivity index (χ3v) is 16.4. The van der Waals surface area contributed by atoms with Gasteiger partial charge in [0.2, 0.25) is 0 Å². The number of carbonyl (C=O) groups excluding carboxylic acids is 2. The number of nitro groups is 1. The van der Waals surface area contributed by atoms with Gasteiger partial charge in [0.25, 0.3) is 5.69 Å². The van der Waals surface area contributed by atoms with Gasteiger partial charge in [-0.05, 0) is 74.7 Å². The Morgan fingerprint density at radius 2 is 1.45 bits per heavy atom. The zero-order valence-electron chi connectivity index (χ0n) is 45.0. The van der Waals surface area contributed by atoms with E-state index in [0.717, 1.165) is 28.5 Å². The number of methoxy groups -OCH3 is 4. The van der Waals surface area contributed by atoms with E-state index in [1.54, 1.807) is 23.5 Å². The number of amides is 1. The maximum atomic E-state index is 15.7. The standard InChI is InChI=1S/C54H66N7O14PS/c1-34(2)60(35(3)4)76(66,73-25-26-77-51(62)53(5,6)7)75-45-29-47(59-33-57-48-49(55-32-56-50(48)59)58-52(63)71-30-36-27-43(69-10)44(70-11)28-42(36)61(64)65)74-46(45)31-72-54(37-15-13-12-14-16-37,38-17-21-40(67-8)22-18-38)39-19-23-41(68-9)24-20-39/h12-24,27-28,32-35,45-47H,25-26,29-31H2,1-11H3,(H,55,56,58,63)/t45-,46+,47+,76?/m0/s1. The molecular formula is C54H66N7O14PS. The molecule has 0 radical (unpaired) electrons. The van der Waals surface area contributed by atoms with E-state index in [1.165, 1.54) is 39.0 Å². The van der Waals surface area contributed by atoms with Crippen molar-refractivity contribution in [2.24, 2.45) is 5.41 Å². The van der Waals surface area contributed by atoms with Crippen molar-refractivity contribution < 1.29 is 61.3 Å². The number of hydrogen-bond acceptors (Lipinski definition) is 18. The molecule has 0 saturated carbocycles. The van der Waals surface area contributed by atoms with Crippen molar-refractivity contribution in [3.8, 4) is 23.0 Å². The van der Waals surface area contributed by atoms with Gasteiger partial charge in [-0.1, -0.05) is 87.1 Å². The predicted molar refractivity (Wildman–Crippen MR) is 290 cm³/mol. The number of fused-ring (bicyclic) bond motifs is 1. The molecule has 1 fully saturated rings. The molecule has 23 heteroatoms. The topological polar surface area (TPSA) is 236 Å². The van der Waals surface area contributed by atoms with Crippen LogP contribution in [-0.2, 0) is 44.8 Å². The van der Waals surface area contributed by atoms with Crippen molar-refractivity contribution >= 4 is 53.4 Å². The van der Waals surface area contributed by atoms with Gasteiger partial charge in [0.1, 0.15) is 48.5 Å². The van der Waals surface area contributed by atoms with E-state index in [0.29, 0.717) is 11.5 Å². The van der Waals surface area contributed by atoms with Crippen LogP contribution in [0.25, 0.3) is 11.2 Å². The van der Waals surface area contributed by atoms with Gasteiger partial charge in [0.05, 0.1) is 64.5 Å². The fourth-order valence-corrected chi connectivity index (χ4v) is 12.3. The number of anilines is 1. The Balaban J connectivity index is 1.25. The largest absolute Gasteiger partial charge is 0.497 e. The number of ether oxygens (including phenoxy) is 7. The fraction of sp³-hybridized carbons (Fsp3) is 0.426. The molecule has 0 spiro atoms. The van der Waals surface area contributed by atoms with E-state index in [9.17, 15) is 19.7 Å². The quantitative estimate of drug-likeness (QED) is 0.0195. The van der Waals surface area contributed by atoms with Gasteiger partial charge in [-0.3, -0.25) is 33.8 Å². The molecule has 1 amide bonds. The van der Waals surface area contributed by atoms with E-state index >= 15 is 4.57 Å². The molecule has 1 aliphatic heterocycles. The maximum absolute atomic E-state index is 15.7. The van der Waals surface area contributed by atoms with Crippen molar-refractivity contribution in [3.63, 3.8) is 0 Å². The van der Waals surface area contributed by atoms with Crippen LogP contribution in [0.1, 0.15) is 83.4 Å². The molecule has 2 aromatic heterocycles. The smallest absolute Gasteiger partial charge is 0.413 e. The highest BCUT2D eigenvalue weighted by atomic mass is 32.2. The molecule has 0 bridgehead atoms. The average molecular weight is 1100 g/mol. The Bertz CT molecular complexity index is 2970. The molecule has 4 aromatic carbocycles. The van der Waals surface area contributed by atoms with Crippen LogP contribution in [0.5, 0.6) is 23.0 Å². The van der Waals surface area contributed by atoms with Crippen molar-refractivity contribution in [2.45, 2.75) is 97.6 Å². The molecule has 1 unspecified atom stereocenters. The summed E-state index contributed by atoms with van der Waals surface area (Å²) >= 11 is 1.11. The van der Waals surface area contributed by atoms with E-state index in [2.05, 4.69) is 20.3 Å². The van der Waals surface area contributed by atoms with Gasteiger partial charge in [-0.25, -0.2) is 29.0 Å². The number of benzene rings is 4. The number of nitro benzene ring substituents is 1. The van der Waals surface area contributed by atoms with Crippen molar-refractivity contribution in [1.29, 1.82) is 0 Å². The molecule has 0 aliphatic carbocycles. The summed E-state index contributed by atoms with van der Waals surface area (Å²) in [5, 5.41) is 14.5. The Hall–Kier alpha value is -6.65. The van der Waals surface area contributed by atoms with Crippen LogP contribution in [0.2, 0.25) is 0 Å². The summed E-state index contributed by atoms with van der Waals surface area (Å²) in [7, 11) is 1.70. The Kier molecular flexibility index (Phi) is 19.0. The van der Waals surface area contributed by atoms with E-state index in [4.69, 9.17) is 42.2 Å². The zero-order chi connectivity index (χ0) is 55.7. The van der Waals surface area contributed by atoms with Crippen LogP contribution in [0.4, 0.5) is 16.3 Å². The van der Waals surface area contributed by atoms with Crippen molar-refractivity contribution in [3.05, 3.63) is 136 Å². The molecule has 1 N–H and O–H groups in total. The van der Waals surface area contributed by atoms with Crippen LogP contribution in [0.15, 0.2) is 104 Å². The summed E-state index contributed by atoms with van der Waals surface area (Å²) in [5.41, 5.74) is 0.568. The number of carbonyl (C=O) groups is 2. The number of rotatable bonds is 24. The number of thioether (sulfide) groups is 1. The first-order chi connectivity index (χ1) is 36.8. The summed E-state index contributed by atoms with van der Waals surface area (Å²) in [6.07, 6.45) is -0.999. The molecule has 1 saturated heterocycles. The van der Waals surface area contributed by atoms with Gasteiger partial charge >= 0.3 is 13.8 Å².